The lowest BCUT2D eigenvalue weighted by Crippen LogP contribution is -2.28. The van der Waals surface area contributed by atoms with Crippen molar-refractivity contribution in [2.45, 2.75) is 76.7 Å². The van der Waals surface area contributed by atoms with E-state index in [4.69, 9.17) is 0 Å². The molecule has 148 valence electrons. The monoisotopic (exact) mass is 387 g/mol. The molecule has 0 aliphatic rings. The minimum absolute atomic E-state index is 0.227. The zero-order valence-electron chi connectivity index (χ0n) is 17.2. The Bertz CT molecular complexity index is 810. The first-order valence-electron chi connectivity index (χ1n) is 10.0. The fourth-order valence-corrected chi connectivity index (χ4v) is 4.45. The molecule has 0 heterocycles. The quantitative estimate of drug-likeness (QED) is 0.561. The summed E-state index contributed by atoms with van der Waals surface area (Å²) in [6.07, 6.45) is 2.83. The first-order valence-corrected chi connectivity index (χ1v) is 11.5. The van der Waals surface area contributed by atoms with Crippen molar-refractivity contribution in [1.82, 2.24) is 4.72 Å². The van der Waals surface area contributed by atoms with Crippen LogP contribution in [0.4, 0.5) is 0 Å². The third-order valence-corrected chi connectivity index (χ3v) is 7.09. The molecule has 1 N–H and O–H groups in total. The Balaban J connectivity index is 2.18. The van der Waals surface area contributed by atoms with Gasteiger partial charge in [-0.3, -0.25) is 0 Å². The molecule has 0 aliphatic heterocycles. The first kappa shape index (κ1) is 21.6. The lowest BCUT2D eigenvalue weighted by atomic mass is 9.96. The maximum Gasteiger partial charge on any atom is 0.241 e. The molecule has 3 atom stereocenters. The van der Waals surface area contributed by atoms with Gasteiger partial charge in [-0.25, -0.2) is 13.1 Å². The highest BCUT2D eigenvalue weighted by molar-refractivity contribution is 7.89. The third-order valence-electron chi connectivity index (χ3n) is 5.60. The zero-order valence-corrected chi connectivity index (χ0v) is 18.0. The molecule has 3 nitrogen and oxygen atoms in total. The molecular formula is C23H33NO2S. The van der Waals surface area contributed by atoms with Crippen LogP contribution in [0.25, 0.3) is 0 Å². The molecule has 0 amide bonds. The maximum atomic E-state index is 12.8. The van der Waals surface area contributed by atoms with Gasteiger partial charge in [0.15, 0.2) is 0 Å². The van der Waals surface area contributed by atoms with Crippen molar-refractivity contribution in [3.05, 3.63) is 65.2 Å². The molecule has 0 saturated heterocycles. The average molecular weight is 388 g/mol. The molecule has 0 aliphatic carbocycles. The van der Waals surface area contributed by atoms with Gasteiger partial charge in [0.05, 0.1) is 4.90 Å². The number of hydrogen-bond donors (Lipinski definition) is 1. The van der Waals surface area contributed by atoms with Crippen LogP contribution in [0.15, 0.2) is 53.4 Å². The summed E-state index contributed by atoms with van der Waals surface area (Å²) in [5.74, 6) is 0.946. The van der Waals surface area contributed by atoms with Crippen LogP contribution in [0.5, 0.6) is 0 Å². The summed E-state index contributed by atoms with van der Waals surface area (Å²) < 4.78 is 28.5. The van der Waals surface area contributed by atoms with Gasteiger partial charge in [-0.05, 0) is 59.9 Å². The Hall–Kier alpha value is -1.65. The van der Waals surface area contributed by atoms with Gasteiger partial charge in [0, 0.05) is 6.04 Å². The van der Waals surface area contributed by atoms with E-state index in [9.17, 15) is 8.42 Å². The molecule has 0 spiro atoms. The Morgan fingerprint density at radius 2 is 1.11 bits per heavy atom. The highest BCUT2D eigenvalue weighted by atomic mass is 32.2. The van der Waals surface area contributed by atoms with Crippen LogP contribution < -0.4 is 4.72 Å². The topological polar surface area (TPSA) is 46.2 Å². The van der Waals surface area contributed by atoms with Crippen LogP contribution in [0.2, 0.25) is 0 Å². The second-order valence-corrected chi connectivity index (χ2v) is 9.15. The molecule has 0 fully saturated rings. The van der Waals surface area contributed by atoms with Crippen LogP contribution in [-0.4, -0.2) is 8.42 Å². The van der Waals surface area contributed by atoms with Crippen molar-refractivity contribution in [2.24, 2.45) is 0 Å². The lowest BCUT2D eigenvalue weighted by molar-refractivity contribution is 0.550. The highest BCUT2D eigenvalue weighted by Gasteiger charge is 2.20. The largest absolute Gasteiger partial charge is 0.241 e. The summed E-state index contributed by atoms with van der Waals surface area (Å²) in [6.45, 7) is 10.7. The molecule has 2 aromatic rings. The summed E-state index contributed by atoms with van der Waals surface area (Å²) >= 11 is 0. The molecule has 2 aromatic carbocycles. The standard InChI is InChI=1S/C23H33NO2S/c1-6-17(4)19-9-11-21(12-10-19)23(8-3)24-27(25,26)22-15-13-20(14-16-22)18(5)7-2/h9-18,23-24H,6-8H2,1-5H3. The van der Waals surface area contributed by atoms with Gasteiger partial charge in [0.2, 0.25) is 10.0 Å². The zero-order chi connectivity index (χ0) is 20.0. The van der Waals surface area contributed by atoms with Crippen molar-refractivity contribution in [1.29, 1.82) is 0 Å². The molecule has 3 unspecified atom stereocenters. The molecule has 0 radical (unpaired) electrons. The summed E-state index contributed by atoms with van der Waals surface area (Å²) in [5, 5.41) is 0. The van der Waals surface area contributed by atoms with E-state index >= 15 is 0 Å². The maximum absolute atomic E-state index is 12.8. The van der Waals surface area contributed by atoms with Crippen molar-refractivity contribution in [2.75, 3.05) is 0 Å². The number of nitrogens with one attached hydrogen (secondary N) is 1. The van der Waals surface area contributed by atoms with E-state index in [2.05, 4.69) is 44.5 Å². The van der Waals surface area contributed by atoms with Gasteiger partial charge >= 0.3 is 0 Å². The van der Waals surface area contributed by atoms with Gasteiger partial charge in [-0.2, -0.15) is 0 Å². The summed E-state index contributed by atoms with van der Waals surface area (Å²) in [7, 11) is -3.55. The molecule has 0 bridgehead atoms. The first-order chi connectivity index (χ1) is 12.8. The third kappa shape index (κ3) is 5.43. The van der Waals surface area contributed by atoms with E-state index in [-0.39, 0.29) is 6.04 Å². The molecule has 4 heteroatoms. The Labute approximate surface area is 165 Å². The molecule has 27 heavy (non-hydrogen) atoms. The van der Waals surface area contributed by atoms with Crippen molar-refractivity contribution in [3.8, 4) is 0 Å². The number of hydrogen-bond acceptors (Lipinski definition) is 2. The molecule has 0 saturated carbocycles. The van der Waals surface area contributed by atoms with Crippen LogP contribution >= 0.6 is 0 Å². The van der Waals surface area contributed by atoms with Crippen molar-refractivity contribution in [3.63, 3.8) is 0 Å². The minimum Gasteiger partial charge on any atom is -0.207 e. The number of rotatable bonds is 9. The van der Waals surface area contributed by atoms with Gasteiger partial charge in [0.1, 0.15) is 0 Å². The van der Waals surface area contributed by atoms with E-state index in [0.717, 1.165) is 18.4 Å². The van der Waals surface area contributed by atoms with E-state index in [0.29, 0.717) is 23.2 Å². The number of sulfonamides is 1. The molecular weight excluding hydrogens is 354 g/mol. The Morgan fingerprint density at radius 1 is 0.704 bits per heavy atom. The molecule has 0 aromatic heterocycles. The smallest absolute Gasteiger partial charge is 0.207 e. The number of benzene rings is 2. The van der Waals surface area contributed by atoms with Crippen LogP contribution in [0.3, 0.4) is 0 Å². The second kappa shape index (κ2) is 9.52. The fourth-order valence-electron chi connectivity index (χ4n) is 3.15. The predicted molar refractivity (Wildman–Crippen MR) is 114 cm³/mol. The molecule has 2 rings (SSSR count). The van der Waals surface area contributed by atoms with Gasteiger partial charge < -0.3 is 0 Å². The van der Waals surface area contributed by atoms with Crippen LogP contribution in [-0.2, 0) is 10.0 Å². The minimum atomic E-state index is -3.55. The highest BCUT2D eigenvalue weighted by Crippen LogP contribution is 2.25. The Morgan fingerprint density at radius 3 is 1.52 bits per heavy atom. The van der Waals surface area contributed by atoms with Crippen LogP contribution in [0, 0.1) is 0 Å². The van der Waals surface area contributed by atoms with Gasteiger partial charge in [-0.1, -0.05) is 71.0 Å². The van der Waals surface area contributed by atoms with Gasteiger partial charge in [0.25, 0.3) is 0 Å². The van der Waals surface area contributed by atoms with E-state index < -0.39 is 10.0 Å². The normalized spacial score (nSPS) is 15.3. The van der Waals surface area contributed by atoms with Crippen molar-refractivity contribution >= 4 is 10.0 Å². The summed E-state index contributed by atoms with van der Waals surface area (Å²) in [4.78, 5) is 0.323. The van der Waals surface area contributed by atoms with Crippen LogP contribution in [0.1, 0.15) is 88.4 Å². The van der Waals surface area contributed by atoms with E-state index in [1.807, 2.05) is 31.2 Å². The average Bonchev–Trinajstić information content (AvgIpc) is 2.71. The Kier molecular flexibility index (Phi) is 7.63. The van der Waals surface area contributed by atoms with E-state index in [1.165, 1.54) is 11.1 Å². The van der Waals surface area contributed by atoms with Gasteiger partial charge in [-0.15, -0.1) is 0 Å². The van der Waals surface area contributed by atoms with E-state index in [1.54, 1.807) is 12.1 Å². The summed E-state index contributed by atoms with van der Waals surface area (Å²) in [6, 6.07) is 15.4. The van der Waals surface area contributed by atoms with Crippen molar-refractivity contribution < 1.29 is 8.42 Å². The SMILES string of the molecule is CCC(C)c1ccc(C(CC)NS(=O)(=O)c2ccc(C(C)CC)cc2)cc1. The predicted octanol–water partition coefficient (Wildman–Crippen LogP) is 6.14. The lowest BCUT2D eigenvalue weighted by Gasteiger charge is -2.19. The second-order valence-electron chi connectivity index (χ2n) is 7.44. The summed E-state index contributed by atoms with van der Waals surface area (Å²) in [5.41, 5.74) is 3.47. The fraction of sp³-hybridized carbons (Fsp3) is 0.478.